The van der Waals surface area contributed by atoms with Crippen LogP contribution in [-0.2, 0) is 17.8 Å². The maximum atomic E-state index is 10.5. The van der Waals surface area contributed by atoms with Crippen molar-refractivity contribution >= 4 is 28.8 Å². The van der Waals surface area contributed by atoms with Crippen molar-refractivity contribution in [1.29, 1.82) is 0 Å². The molecule has 1 aromatic carbocycles. The topological polar surface area (TPSA) is 22.0 Å². The zero-order valence-electron chi connectivity index (χ0n) is 8.53. The standard InChI is InChI=1S/C12H12ClNO/c1-2-14-11(5-6-15)8-9-7-10(13)3-4-12(9)14/h3-4,6-8H,2,5H2,1H3. The summed E-state index contributed by atoms with van der Waals surface area (Å²) in [4.78, 5) is 10.5. The van der Waals surface area contributed by atoms with Crippen molar-refractivity contribution in [3.05, 3.63) is 35.0 Å². The first-order chi connectivity index (χ1) is 7.26. The number of aryl methyl sites for hydroxylation is 1. The third-order valence-electron chi connectivity index (χ3n) is 2.56. The molecule has 0 amide bonds. The number of rotatable bonds is 3. The van der Waals surface area contributed by atoms with Crippen molar-refractivity contribution in [2.75, 3.05) is 0 Å². The van der Waals surface area contributed by atoms with Crippen LogP contribution in [0.2, 0.25) is 5.02 Å². The SMILES string of the molecule is CCn1c(CC=O)cc2cc(Cl)ccc21. The van der Waals surface area contributed by atoms with Gasteiger partial charge in [-0.2, -0.15) is 0 Å². The van der Waals surface area contributed by atoms with Crippen LogP contribution in [0.3, 0.4) is 0 Å². The summed E-state index contributed by atoms with van der Waals surface area (Å²) in [6, 6.07) is 7.83. The van der Waals surface area contributed by atoms with Gasteiger partial charge in [0.25, 0.3) is 0 Å². The number of carbonyl (C=O) groups excluding carboxylic acids is 1. The van der Waals surface area contributed by atoms with E-state index >= 15 is 0 Å². The minimum absolute atomic E-state index is 0.458. The second-order valence-electron chi connectivity index (χ2n) is 3.45. The summed E-state index contributed by atoms with van der Waals surface area (Å²) >= 11 is 5.92. The van der Waals surface area contributed by atoms with Crippen molar-refractivity contribution in [2.24, 2.45) is 0 Å². The van der Waals surface area contributed by atoms with Gasteiger partial charge in [0.2, 0.25) is 0 Å². The molecule has 0 aliphatic carbocycles. The molecule has 1 heterocycles. The van der Waals surface area contributed by atoms with Crippen molar-refractivity contribution in [2.45, 2.75) is 19.9 Å². The lowest BCUT2D eigenvalue weighted by molar-refractivity contribution is -0.107. The molecule has 78 valence electrons. The minimum Gasteiger partial charge on any atom is -0.344 e. The monoisotopic (exact) mass is 221 g/mol. The lowest BCUT2D eigenvalue weighted by Crippen LogP contribution is -2.00. The Morgan fingerprint density at radius 3 is 2.87 bits per heavy atom. The molecule has 0 aliphatic rings. The number of fused-ring (bicyclic) bond motifs is 1. The van der Waals surface area contributed by atoms with Crippen molar-refractivity contribution < 1.29 is 4.79 Å². The maximum Gasteiger partial charge on any atom is 0.125 e. The Kier molecular flexibility index (Phi) is 2.78. The smallest absolute Gasteiger partial charge is 0.125 e. The van der Waals surface area contributed by atoms with Crippen LogP contribution in [0.4, 0.5) is 0 Å². The van der Waals surface area contributed by atoms with E-state index in [-0.39, 0.29) is 0 Å². The van der Waals surface area contributed by atoms with E-state index in [0.717, 1.165) is 34.5 Å². The number of hydrogen-bond donors (Lipinski definition) is 0. The molecule has 0 saturated carbocycles. The van der Waals surface area contributed by atoms with Gasteiger partial charge in [-0.25, -0.2) is 0 Å². The molecule has 1 aromatic heterocycles. The normalized spacial score (nSPS) is 10.8. The van der Waals surface area contributed by atoms with E-state index in [4.69, 9.17) is 11.6 Å². The highest BCUT2D eigenvalue weighted by molar-refractivity contribution is 6.31. The van der Waals surface area contributed by atoms with Crippen LogP contribution in [-0.4, -0.2) is 10.9 Å². The average Bonchev–Trinajstić information content (AvgIpc) is 2.54. The van der Waals surface area contributed by atoms with Gasteiger partial charge >= 0.3 is 0 Å². The fraction of sp³-hybridized carbons (Fsp3) is 0.250. The van der Waals surface area contributed by atoms with Crippen LogP contribution in [0.1, 0.15) is 12.6 Å². The predicted molar refractivity (Wildman–Crippen MR) is 62.4 cm³/mol. The van der Waals surface area contributed by atoms with E-state index in [0.29, 0.717) is 6.42 Å². The molecule has 0 saturated heterocycles. The van der Waals surface area contributed by atoms with E-state index in [2.05, 4.69) is 11.5 Å². The highest BCUT2D eigenvalue weighted by Crippen LogP contribution is 2.23. The Labute approximate surface area is 93.5 Å². The number of carbonyl (C=O) groups is 1. The first-order valence-corrected chi connectivity index (χ1v) is 5.35. The highest BCUT2D eigenvalue weighted by Gasteiger charge is 2.06. The van der Waals surface area contributed by atoms with Crippen molar-refractivity contribution in [3.8, 4) is 0 Å². The molecular formula is C12H12ClNO. The number of hydrogen-bond acceptors (Lipinski definition) is 1. The molecule has 0 aliphatic heterocycles. The van der Waals surface area contributed by atoms with Gasteiger partial charge in [-0.05, 0) is 31.2 Å². The van der Waals surface area contributed by atoms with Gasteiger partial charge in [-0.15, -0.1) is 0 Å². The molecule has 2 nitrogen and oxygen atoms in total. The quantitative estimate of drug-likeness (QED) is 0.731. The molecule has 0 fully saturated rings. The lowest BCUT2D eigenvalue weighted by Gasteiger charge is -2.04. The Morgan fingerprint density at radius 1 is 1.40 bits per heavy atom. The molecule has 0 bridgehead atoms. The predicted octanol–water partition coefficient (Wildman–Crippen LogP) is 3.06. The van der Waals surface area contributed by atoms with Crippen LogP contribution >= 0.6 is 11.6 Å². The second kappa shape index (κ2) is 4.07. The Morgan fingerprint density at radius 2 is 2.20 bits per heavy atom. The van der Waals surface area contributed by atoms with Crippen molar-refractivity contribution in [3.63, 3.8) is 0 Å². The molecule has 0 atom stereocenters. The molecule has 0 radical (unpaired) electrons. The average molecular weight is 222 g/mol. The van der Waals surface area contributed by atoms with Crippen LogP contribution in [0.5, 0.6) is 0 Å². The molecule has 2 aromatic rings. The summed E-state index contributed by atoms with van der Waals surface area (Å²) in [6.45, 7) is 2.94. The van der Waals surface area contributed by atoms with E-state index < -0.39 is 0 Å². The fourth-order valence-electron chi connectivity index (χ4n) is 1.93. The van der Waals surface area contributed by atoms with Crippen LogP contribution in [0, 0.1) is 0 Å². The molecule has 3 heteroatoms. The van der Waals surface area contributed by atoms with Gasteiger partial charge in [0, 0.05) is 34.6 Å². The zero-order valence-corrected chi connectivity index (χ0v) is 9.29. The van der Waals surface area contributed by atoms with Gasteiger partial charge in [-0.1, -0.05) is 11.6 Å². The number of halogens is 1. The number of aromatic nitrogens is 1. The van der Waals surface area contributed by atoms with E-state index in [1.165, 1.54) is 0 Å². The summed E-state index contributed by atoms with van der Waals surface area (Å²) in [6.07, 6.45) is 1.39. The van der Waals surface area contributed by atoms with E-state index in [1.54, 1.807) is 0 Å². The van der Waals surface area contributed by atoms with Gasteiger partial charge in [0.1, 0.15) is 6.29 Å². The lowest BCUT2D eigenvalue weighted by atomic mass is 10.2. The van der Waals surface area contributed by atoms with Gasteiger partial charge < -0.3 is 9.36 Å². The first kappa shape index (κ1) is 10.2. The van der Waals surface area contributed by atoms with Crippen molar-refractivity contribution in [1.82, 2.24) is 4.57 Å². The molecule has 0 N–H and O–H groups in total. The highest BCUT2D eigenvalue weighted by atomic mass is 35.5. The van der Waals surface area contributed by atoms with E-state index in [9.17, 15) is 4.79 Å². The third kappa shape index (κ3) is 1.77. The molecule has 0 spiro atoms. The van der Waals surface area contributed by atoms with Crippen LogP contribution in [0.25, 0.3) is 10.9 Å². The van der Waals surface area contributed by atoms with Crippen LogP contribution in [0.15, 0.2) is 24.3 Å². The Balaban J connectivity index is 2.66. The Bertz CT molecular complexity index is 502. The number of nitrogens with zero attached hydrogens (tertiary/aromatic N) is 1. The van der Waals surface area contributed by atoms with Crippen LogP contribution < -0.4 is 0 Å². The molecule has 15 heavy (non-hydrogen) atoms. The van der Waals surface area contributed by atoms with Gasteiger partial charge in [-0.3, -0.25) is 0 Å². The molecule has 2 rings (SSSR count). The largest absolute Gasteiger partial charge is 0.344 e. The summed E-state index contributed by atoms with van der Waals surface area (Å²) in [5.41, 5.74) is 2.18. The summed E-state index contributed by atoms with van der Waals surface area (Å²) in [7, 11) is 0. The number of aldehydes is 1. The molecular weight excluding hydrogens is 210 g/mol. The minimum atomic E-state index is 0.458. The zero-order chi connectivity index (χ0) is 10.8. The molecule has 0 unspecified atom stereocenters. The summed E-state index contributed by atoms with van der Waals surface area (Å²) in [5, 5.41) is 1.83. The first-order valence-electron chi connectivity index (χ1n) is 4.97. The number of benzene rings is 1. The van der Waals surface area contributed by atoms with Gasteiger partial charge in [0.15, 0.2) is 0 Å². The fourth-order valence-corrected chi connectivity index (χ4v) is 2.11. The third-order valence-corrected chi connectivity index (χ3v) is 2.79. The summed E-state index contributed by atoms with van der Waals surface area (Å²) in [5.74, 6) is 0. The Hall–Kier alpha value is -1.28. The summed E-state index contributed by atoms with van der Waals surface area (Å²) < 4.78 is 2.14. The second-order valence-corrected chi connectivity index (χ2v) is 3.89. The maximum absolute atomic E-state index is 10.5. The van der Waals surface area contributed by atoms with E-state index in [1.807, 2.05) is 24.3 Å². The van der Waals surface area contributed by atoms with Gasteiger partial charge in [0.05, 0.1) is 0 Å².